The molecule has 0 spiro atoms. The summed E-state index contributed by atoms with van der Waals surface area (Å²) in [6.07, 6.45) is 0. The topological polar surface area (TPSA) is 61.5 Å². The SMILES string of the molecule is Cc1cc2nc(-c3cc4ccccc4[nH]c3=O)[nH]c2cc1C. The van der Waals surface area contributed by atoms with Crippen molar-refractivity contribution >= 4 is 21.9 Å². The predicted molar refractivity (Wildman–Crippen MR) is 89.1 cm³/mol. The summed E-state index contributed by atoms with van der Waals surface area (Å²) < 4.78 is 0. The summed E-state index contributed by atoms with van der Waals surface area (Å²) in [5, 5.41) is 0.991. The number of rotatable bonds is 1. The first kappa shape index (κ1) is 12.8. The summed E-state index contributed by atoms with van der Waals surface area (Å²) in [6.45, 7) is 4.13. The van der Waals surface area contributed by atoms with Crippen LogP contribution >= 0.6 is 0 Å². The minimum atomic E-state index is -0.133. The van der Waals surface area contributed by atoms with Crippen LogP contribution in [0.1, 0.15) is 11.1 Å². The van der Waals surface area contributed by atoms with Gasteiger partial charge in [0.2, 0.25) is 0 Å². The molecule has 0 fully saturated rings. The zero-order valence-corrected chi connectivity index (χ0v) is 12.4. The molecule has 4 heteroatoms. The van der Waals surface area contributed by atoms with Crippen LogP contribution in [-0.2, 0) is 0 Å². The van der Waals surface area contributed by atoms with Crippen LogP contribution in [0.25, 0.3) is 33.3 Å². The molecule has 0 saturated heterocycles. The van der Waals surface area contributed by atoms with Crippen LogP contribution in [0.3, 0.4) is 0 Å². The normalized spacial score (nSPS) is 11.4. The van der Waals surface area contributed by atoms with Crippen molar-refractivity contribution in [1.29, 1.82) is 0 Å². The molecule has 108 valence electrons. The first-order valence-electron chi connectivity index (χ1n) is 7.21. The van der Waals surface area contributed by atoms with Gasteiger partial charge in [0.25, 0.3) is 5.56 Å². The molecule has 0 unspecified atom stereocenters. The molecule has 4 rings (SSSR count). The van der Waals surface area contributed by atoms with E-state index in [1.807, 2.05) is 36.4 Å². The minimum absolute atomic E-state index is 0.133. The van der Waals surface area contributed by atoms with Gasteiger partial charge >= 0.3 is 0 Å². The fourth-order valence-electron chi connectivity index (χ4n) is 2.72. The van der Waals surface area contributed by atoms with Gasteiger partial charge in [-0.15, -0.1) is 0 Å². The Balaban J connectivity index is 1.98. The lowest BCUT2D eigenvalue weighted by Gasteiger charge is -2.00. The van der Waals surface area contributed by atoms with Crippen molar-refractivity contribution in [2.24, 2.45) is 0 Å². The molecule has 2 aromatic heterocycles. The molecule has 4 nitrogen and oxygen atoms in total. The van der Waals surface area contributed by atoms with Gasteiger partial charge in [0, 0.05) is 5.52 Å². The zero-order valence-electron chi connectivity index (χ0n) is 12.4. The van der Waals surface area contributed by atoms with Gasteiger partial charge in [-0.05, 0) is 54.6 Å². The van der Waals surface area contributed by atoms with Crippen LogP contribution in [0.5, 0.6) is 0 Å². The Morgan fingerprint density at radius 2 is 1.68 bits per heavy atom. The van der Waals surface area contributed by atoms with E-state index in [0.717, 1.165) is 21.9 Å². The number of nitrogens with zero attached hydrogens (tertiary/aromatic N) is 1. The van der Waals surface area contributed by atoms with Crippen molar-refractivity contribution in [2.45, 2.75) is 13.8 Å². The molecule has 0 atom stereocenters. The quantitative estimate of drug-likeness (QED) is 0.561. The molecule has 2 heterocycles. The fraction of sp³-hybridized carbons (Fsp3) is 0.111. The first-order valence-corrected chi connectivity index (χ1v) is 7.21. The van der Waals surface area contributed by atoms with Crippen molar-refractivity contribution in [3.8, 4) is 11.4 Å². The molecule has 0 saturated carbocycles. The number of aromatic nitrogens is 3. The van der Waals surface area contributed by atoms with Crippen molar-refractivity contribution in [1.82, 2.24) is 15.0 Å². The Bertz CT molecular complexity index is 1030. The van der Waals surface area contributed by atoms with Gasteiger partial charge in [-0.1, -0.05) is 18.2 Å². The predicted octanol–water partition coefficient (Wildman–Crippen LogP) is 3.69. The Morgan fingerprint density at radius 1 is 0.909 bits per heavy atom. The fourth-order valence-corrected chi connectivity index (χ4v) is 2.72. The Kier molecular flexibility index (Phi) is 2.66. The number of pyridine rings is 1. The van der Waals surface area contributed by atoms with E-state index in [1.165, 1.54) is 11.1 Å². The second-order valence-electron chi connectivity index (χ2n) is 5.64. The number of aromatic amines is 2. The van der Waals surface area contributed by atoms with Crippen LogP contribution in [0, 0.1) is 13.8 Å². The third-order valence-corrected chi connectivity index (χ3v) is 4.11. The smallest absolute Gasteiger partial charge is 0.259 e. The van der Waals surface area contributed by atoms with E-state index in [1.54, 1.807) is 0 Å². The summed E-state index contributed by atoms with van der Waals surface area (Å²) in [5.41, 5.74) is 5.49. The Hall–Kier alpha value is -2.88. The van der Waals surface area contributed by atoms with Crippen LogP contribution in [0.4, 0.5) is 0 Å². The highest BCUT2D eigenvalue weighted by molar-refractivity contribution is 5.85. The highest BCUT2D eigenvalue weighted by atomic mass is 16.1. The molecule has 2 N–H and O–H groups in total. The van der Waals surface area contributed by atoms with Crippen LogP contribution in [0.15, 0.2) is 47.3 Å². The summed E-state index contributed by atoms with van der Waals surface area (Å²) in [6, 6.07) is 13.7. The number of nitrogens with one attached hydrogen (secondary N) is 2. The highest BCUT2D eigenvalue weighted by Crippen LogP contribution is 2.22. The van der Waals surface area contributed by atoms with Gasteiger partial charge in [-0.25, -0.2) is 4.98 Å². The molecule has 0 radical (unpaired) electrons. The summed E-state index contributed by atoms with van der Waals surface area (Å²) in [5.74, 6) is 0.604. The summed E-state index contributed by atoms with van der Waals surface area (Å²) in [7, 11) is 0. The van der Waals surface area contributed by atoms with Crippen LogP contribution in [-0.4, -0.2) is 15.0 Å². The molecule has 0 aliphatic heterocycles. The standard InChI is InChI=1S/C18H15N3O/c1-10-7-15-16(8-11(10)2)20-17(19-15)13-9-12-5-3-4-6-14(12)21-18(13)22/h3-9H,1-2H3,(H,19,20)(H,21,22). The first-order chi connectivity index (χ1) is 10.6. The highest BCUT2D eigenvalue weighted by Gasteiger charge is 2.11. The van der Waals surface area contributed by atoms with E-state index in [4.69, 9.17) is 0 Å². The van der Waals surface area contributed by atoms with Crippen LogP contribution in [0.2, 0.25) is 0 Å². The van der Waals surface area contributed by atoms with Gasteiger partial charge in [-0.3, -0.25) is 4.79 Å². The summed E-state index contributed by atoms with van der Waals surface area (Å²) >= 11 is 0. The average Bonchev–Trinajstić information content (AvgIpc) is 2.89. The molecule has 0 amide bonds. The minimum Gasteiger partial charge on any atom is -0.338 e. The van der Waals surface area contributed by atoms with E-state index in [-0.39, 0.29) is 5.56 Å². The van der Waals surface area contributed by atoms with Gasteiger partial charge in [0.1, 0.15) is 5.82 Å². The number of aryl methyl sites for hydroxylation is 2. The lowest BCUT2D eigenvalue weighted by Crippen LogP contribution is -2.09. The van der Waals surface area contributed by atoms with Gasteiger partial charge < -0.3 is 9.97 Å². The second kappa shape index (κ2) is 4.56. The van der Waals surface area contributed by atoms with Crippen LogP contribution < -0.4 is 5.56 Å². The maximum atomic E-state index is 12.3. The number of para-hydroxylation sites is 1. The molecular formula is C18H15N3O. The van der Waals surface area contributed by atoms with Crippen molar-refractivity contribution in [2.75, 3.05) is 0 Å². The number of fused-ring (bicyclic) bond motifs is 2. The third-order valence-electron chi connectivity index (χ3n) is 4.11. The van der Waals surface area contributed by atoms with Gasteiger partial charge in [0.05, 0.1) is 16.6 Å². The lowest BCUT2D eigenvalue weighted by molar-refractivity contribution is 1.25. The Labute approximate surface area is 126 Å². The molecular weight excluding hydrogens is 274 g/mol. The van der Waals surface area contributed by atoms with E-state index in [9.17, 15) is 4.79 Å². The molecule has 0 aliphatic rings. The van der Waals surface area contributed by atoms with Crippen molar-refractivity contribution in [3.05, 3.63) is 63.9 Å². The molecule has 0 aliphatic carbocycles. The molecule has 22 heavy (non-hydrogen) atoms. The van der Waals surface area contributed by atoms with Crippen molar-refractivity contribution in [3.63, 3.8) is 0 Å². The maximum Gasteiger partial charge on any atom is 0.259 e. The monoisotopic (exact) mass is 289 g/mol. The second-order valence-corrected chi connectivity index (χ2v) is 5.64. The average molecular weight is 289 g/mol. The van der Waals surface area contributed by atoms with Crippen molar-refractivity contribution < 1.29 is 0 Å². The van der Waals surface area contributed by atoms with E-state index in [0.29, 0.717) is 11.4 Å². The van der Waals surface area contributed by atoms with Gasteiger partial charge in [-0.2, -0.15) is 0 Å². The Morgan fingerprint density at radius 3 is 2.55 bits per heavy atom. The van der Waals surface area contributed by atoms with E-state index >= 15 is 0 Å². The zero-order chi connectivity index (χ0) is 15.3. The summed E-state index contributed by atoms with van der Waals surface area (Å²) in [4.78, 5) is 23.1. The number of hydrogen-bond acceptors (Lipinski definition) is 2. The van der Waals surface area contributed by atoms with E-state index < -0.39 is 0 Å². The third kappa shape index (κ3) is 1.92. The van der Waals surface area contributed by atoms with E-state index in [2.05, 4.69) is 34.9 Å². The largest absolute Gasteiger partial charge is 0.338 e. The lowest BCUT2D eigenvalue weighted by atomic mass is 10.1. The number of H-pyrrole nitrogens is 2. The molecule has 2 aromatic carbocycles. The number of benzene rings is 2. The number of imidazole rings is 1. The number of hydrogen-bond donors (Lipinski definition) is 2. The molecule has 0 bridgehead atoms. The molecule has 4 aromatic rings. The maximum absolute atomic E-state index is 12.3. The van der Waals surface area contributed by atoms with Gasteiger partial charge in [0.15, 0.2) is 0 Å².